The van der Waals surface area contributed by atoms with Crippen molar-refractivity contribution in [3.8, 4) is 0 Å². The molecule has 2 heteroatoms. The first-order valence-electron chi connectivity index (χ1n) is 5.67. The molecule has 0 spiro atoms. The normalized spacial score (nSPS) is 20.2. The van der Waals surface area contributed by atoms with Crippen LogP contribution in [0.5, 0.6) is 0 Å². The Bertz CT molecular complexity index is 344. The van der Waals surface area contributed by atoms with E-state index in [1.54, 1.807) is 0 Å². The molecule has 1 atom stereocenters. The van der Waals surface area contributed by atoms with Crippen molar-refractivity contribution in [3.63, 3.8) is 0 Å². The Morgan fingerprint density at radius 2 is 2.40 bits per heavy atom. The molecule has 0 saturated heterocycles. The molecule has 0 bridgehead atoms. The lowest BCUT2D eigenvalue weighted by atomic mass is 9.94. The fourth-order valence-electron chi connectivity index (χ4n) is 1.97. The van der Waals surface area contributed by atoms with Gasteiger partial charge in [0.1, 0.15) is 0 Å². The number of aromatic nitrogens is 1. The van der Waals surface area contributed by atoms with E-state index in [9.17, 15) is 0 Å². The Morgan fingerprint density at radius 3 is 3.13 bits per heavy atom. The molecule has 15 heavy (non-hydrogen) atoms. The van der Waals surface area contributed by atoms with Crippen LogP contribution in [-0.4, -0.2) is 11.5 Å². The van der Waals surface area contributed by atoms with Gasteiger partial charge < -0.3 is 5.32 Å². The molecule has 1 aromatic heterocycles. The maximum Gasteiger partial charge on any atom is 0.0603 e. The molecule has 0 aliphatic heterocycles. The topological polar surface area (TPSA) is 24.9 Å². The number of nitrogens with zero attached hydrogens (tertiary/aromatic N) is 1. The van der Waals surface area contributed by atoms with Crippen LogP contribution in [0.3, 0.4) is 0 Å². The highest BCUT2D eigenvalue weighted by atomic mass is 14.9. The summed E-state index contributed by atoms with van der Waals surface area (Å²) >= 11 is 0. The Kier molecular flexibility index (Phi) is 3.38. The molecule has 1 heterocycles. The molecule has 0 amide bonds. The lowest BCUT2D eigenvalue weighted by molar-refractivity contribution is 0.504. The number of pyridine rings is 1. The van der Waals surface area contributed by atoms with Crippen LogP contribution in [0.2, 0.25) is 0 Å². The van der Waals surface area contributed by atoms with Crippen molar-refractivity contribution in [2.75, 3.05) is 11.9 Å². The van der Waals surface area contributed by atoms with Gasteiger partial charge in [-0.3, -0.25) is 4.98 Å². The Labute approximate surface area is 91.4 Å². The molecule has 1 aromatic rings. The summed E-state index contributed by atoms with van der Waals surface area (Å²) in [4.78, 5) is 4.27. The summed E-state index contributed by atoms with van der Waals surface area (Å²) in [6, 6.07) is 4.08. The molecule has 1 N–H and O–H groups in total. The van der Waals surface area contributed by atoms with E-state index in [2.05, 4.69) is 28.5 Å². The molecule has 1 aliphatic rings. The summed E-state index contributed by atoms with van der Waals surface area (Å²) in [7, 11) is 0. The molecule has 0 saturated carbocycles. The number of hydrogen-bond donors (Lipinski definition) is 1. The van der Waals surface area contributed by atoms with Gasteiger partial charge in [-0.05, 0) is 44.2 Å². The van der Waals surface area contributed by atoms with E-state index in [1.165, 1.54) is 24.9 Å². The number of nitrogens with one attached hydrogen (secondary N) is 1. The number of rotatable bonds is 3. The molecule has 80 valence electrons. The minimum atomic E-state index is 0.787. The monoisotopic (exact) mass is 202 g/mol. The molecule has 2 nitrogen and oxygen atoms in total. The zero-order valence-corrected chi connectivity index (χ0v) is 9.24. The maximum atomic E-state index is 4.27. The van der Waals surface area contributed by atoms with Crippen molar-refractivity contribution in [1.82, 2.24) is 4.98 Å². The predicted octanol–water partition coefficient (Wildman–Crippen LogP) is 3.16. The number of allylic oxidation sites excluding steroid dienone is 2. The Hall–Kier alpha value is -1.31. The van der Waals surface area contributed by atoms with Gasteiger partial charge in [-0.2, -0.15) is 0 Å². The number of aryl methyl sites for hydroxylation is 1. The number of hydrogen-bond acceptors (Lipinski definition) is 2. The summed E-state index contributed by atoms with van der Waals surface area (Å²) in [5, 5.41) is 3.49. The minimum Gasteiger partial charge on any atom is -0.383 e. The van der Waals surface area contributed by atoms with Crippen LogP contribution >= 0.6 is 0 Å². The highest BCUT2D eigenvalue weighted by Gasteiger charge is 2.09. The highest BCUT2D eigenvalue weighted by molar-refractivity contribution is 5.46. The summed E-state index contributed by atoms with van der Waals surface area (Å²) in [5.74, 6) is 0.787. The van der Waals surface area contributed by atoms with Crippen molar-refractivity contribution in [3.05, 3.63) is 36.2 Å². The zero-order chi connectivity index (χ0) is 10.5. The molecule has 1 aliphatic carbocycles. The van der Waals surface area contributed by atoms with E-state index in [4.69, 9.17) is 0 Å². The summed E-state index contributed by atoms with van der Waals surface area (Å²) in [6.07, 6.45) is 10.2. The molecular formula is C13H18N2. The molecule has 0 unspecified atom stereocenters. The van der Waals surface area contributed by atoms with Crippen molar-refractivity contribution in [2.24, 2.45) is 5.92 Å². The van der Waals surface area contributed by atoms with E-state index in [-0.39, 0.29) is 0 Å². The van der Waals surface area contributed by atoms with Gasteiger partial charge in [-0.25, -0.2) is 0 Å². The third kappa shape index (κ3) is 2.82. The van der Waals surface area contributed by atoms with Crippen molar-refractivity contribution >= 4 is 5.69 Å². The van der Waals surface area contributed by atoms with Crippen LogP contribution in [-0.2, 0) is 0 Å². The average Bonchev–Trinajstić information content (AvgIpc) is 2.29. The van der Waals surface area contributed by atoms with Gasteiger partial charge in [-0.15, -0.1) is 0 Å². The maximum absolute atomic E-state index is 4.27. The van der Waals surface area contributed by atoms with Gasteiger partial charge in [-0.1, -0.05) is 12.2 Å². The van der Waals surface area contributed by atoms with Gasteiger partial charge in [0, 0.05) is 12.7 Å². The molecule has 0 radical (unpaired) electrons. The predicted molar refractivity (Wildman–Crippen MR) is 63.9 cm³/mol. The van der Waals surface area contributed by atoms with Crippen LogP contribution in [0.25, 0.3) is 0 Å². The molecule has 0 fully saturated rings. The third-order valence-corrected chi connectivity index (χ3v) is 2.97. The van der Waals surface area contributed by atoms with Crippen LogP contribution in [0.15, 0.2) is 30.5 Å². The standard InChI is InChI=1S/C13H18N2/c1-11-13(8-5-9-14-11)15-10-12-6-3-2-4-7-12/h2-3,5,8-9,12,15H,4,6-7,10H2,1H3/t12-/m1/s1. The van der Waals surface area contributed by atoms with Crippen LogP contribution in [0.4, 0.5) is 5.69 Å². The van der Waals surface area contributed by atoms with Gasteiger partial charge in [0.25, 0.3) is 0 Å². The van der Waals surface area contributed by atoms with E-state index >= 15 is 0 Å². The third-order valence-electron chi connectivity index (χ3n) is 2.97. The fourth-order valence-corrected chi connectivity index (χ4v) is 1.97. The quantitative estimate of drug-likeness (QED) is 0.761. The summed E-state index contributed by atoms with van der Waals surface area (Å²) in [5.41, 5.74) is 2.26. The lowest BCUT2D eigenvalue weighted by Gasteiger charge is -2.19. The first-order valence-corrected chi connectivity index (χ1v) is 5.67. The second-order valence-electron chi connectivity index (χ2n) is 4.17. The summed E-state index contributed by atoms with van der Waals surface area (Å²) < 4.78 is 0. The van der Waals surface area contributed by atoms with Gasteiger partial charge >= 0.3 is 0 Å². The average molecular weight is 202 g/mol. The SMILES string of the molecule is Cc1ncccc1NC[C@@H]1CC=CCC1. The molecular weight excluding hydrogens is 184 g/mol. The first-order chi connectivity index (χ1) is 7.36. The Balaban J connectivity index is 1.87. The second-order valence-corrected chi connectivity index (χ2v) is 4.17. The van der Waals surface area contributed by atoms with E-state index in [0.29, 0.717) is 0 Å². The first kappa shape index (κ1) is 10.2. The Morgan fingerprint density at radius 1 is 1.47 bits per heavy atom. The van der Waals surface area contributed by atoms with Gasteiger partial charge in [0.15, 0.2) is 0 Å². The van der Waals surface area contributed by atoms with E-state index in [0.717, 1.165) is 18.2 Å². The van der Waals surface area contributed by atoms with Crippen molar-refractivity contribution in [1.29, 1.82) is 0 Å². The van der Waals surface area contributed by atoms with E-state index in [1.807, 2.05) is 19.2 Å². The highest BCUT2D eigenvalue weighted by Crippen LogP contribution is 2.19. The second kappa shape index (κ2) is 4.96. The van der Waals surface area contributed by atoms with Gasteiger partial charge in [0.05, 0.1) is 11.4 Å². The van der Waals surface area contributed by atoms with Crippen molar-refractivity contribution in [2.45, 2.75) is 26.2 Å². The van der Waals surface area contributed by atoms with E-state index < -0.39 is 0 Å². The zero-order valence-electron chi connectivity index (χ0n) is 9.24. The smallest absolute Gasteiger partial charge is 0.0603 e. The van der Waals surface area contributed by atoms with Crippen LogP contribution in [0.1, 0.15) is 25.0 Å². The summed E-state index contributed by atoms with van der Waals surface area (Å²) in [6.45, 7) is 3.11. The van der Waals surface area contributed by atoms with Crippen molar-refractivity contribution < 1.29 is 0 Å². The van der Waals surface area contributed by atoms with Gasteiger partial charge in [0.2, 0.25) is 0 Å². The largest absolute Gasteiger partial charge is 0.383 e. The molecule has 0 aromatic carbocycles. The van der Waals surface area contributed by atoms with Crippen LogP contribution < -0.4 is 5.32 Å². The number of anilines is 1. The molecule has 2 rings (SSSR count). The minimum absolute atomic E-state index is 0.787. The lowest BCUT2D eigenvalue weighted by Crippen LogP contribution is -2.15. The van der Waals surface area contributed by atoms with Crippen LogP contribution in [0, 0.1) is 12.8 Å². The fraction of sp³-hybridized carbons (Fsp3) is 0.462.